The molecule has 0 saturated heterocycles. The lowest BCUT2D eigenvalue weighted by Gasteiger charge is -2.09. The number of nitrogens with one attached hydrogen (secondary N) is 2. The molecular weight excluding hydrogens is 220 g/mol. The number of carboxylic acid groups (broad SMARTS) is 1. The molecule has 0 fully saturated rings. The van der Waals surface area contributed by atoms with Gasteiger partial charge in [0.2, 0.25) is 5.91 Å². The molecule has 17 heavy (non-hydrogen) atoms. The minimum absolute atomic E-state index is 0.115. The van der Waals surface area contributed by atoms with Gasteiger partial charge >= 0.3 is 5.97 Å². The van der Waals surface area contributed by atoms with E-state index in [4.69, 9.17) is 5.11 Å². The Labute approximate surface area is 99.8 Å². The van der Waals surface area contributed by atoms with Crippen LogP contribution in [-0.2, 0) is 16.1 Å². The van der Waals surface area contributed by atoms with Crippen molar-refractivity contribution in [3.8, 4) is 0 Å². The Bertz CT molecular complexity index is 401. The highest BCUT2D eigenvalue weighted by molar-refractivity contribution is 5.88. The van der Waals surface area contributed by atoms with Gasteiger partial charge in [0.25, 0.3) is 0 Å². The summed E-state index contributed by atoms with van der Waals surface area (Å²) in [7, 11) is 0. The third-order valence-corrected chi connectivity index (χ3v) is 2.26. The van der Waals surface area contributed by atoms with E-state index in [0.29, 0.717) is 6.54 Å². The minimum atomic E-state index is -0.875. The fraction of sp³-hybridized carbons (Fsp3) is 0.333. The minimum Gasteiger partial charge on any atom is -0.480 e. The number of aliphatic carboxylic acids is 1. The average Bonchev–Trinajstić information content (AvgIpc) is 2.26. The fourth-order valence-electron chi connectivity index (χ4n) is 1.27. The molecule has 0 saturated carbocycles. The van der Waals surface area contributed by atoms with Crippen LogP contribution in [0.5, 0.6) is 0 Å². The van der Waals surface area contributed by atoms with Crippen LogP contribution in [0.1, 0.15) is 19.4 Å². The quantitative estimate of drug-likeness (QED) is 0.718. The van der Waals surface area contributed by atoms with Gasteiger partial charge in [-0.05, 0) is 24.6 Å². The monoisotopic (exact) mass is 236 g/mol. The van der Waals surface area contributed by atoms with Crippen LogP contribution in [0.2, 0.25) is 0 Å². The van der Waals surface area contributed by atoms with Crippen LogP contribution in [0.4, 0.5) is 5.69 Å². The van der Waals surface area contributed by atoms with Crippen molar-refractivity contribution in [1.29, 1.82) is 0 Å². The zero-order valence-corrected chi connectivity index (χ0v) is 9.86. The number of amides is 1. The van der Waals surface area contributed by atoms with Crippen LogP contribution < -0.4 is 10.6 Å². The maximum atomic E-state index is 10.8. The molecule has 1 aromatic carbocycles. The number of carbonyl (C=O) groups is 2. The Morgan fingerprint density at radius 3 is 2.35 bits per heavy atom. The van der Waals surface area contributed by atoms with Crippen molar-refractivity contribution >= 4 is 17.6 Å². The molecule has 3 N–H and O–H groups in total. The predicted molar refractivity (Wildman–Crippen MR) is 64.7 cm³/mol. The van der Waals surface area contributed by atoms with E-state index in [0.717, 1.165) is 11.3 Å². The molecule has 1 unspecified atom stereocenters. The second-order valence-electron chi connectivity index (χ2n) is 3.82. The number of benzene rings is 1. The number of rotatable bonds is 5. The summed E-state index contributed by atoms with van der Waals surface area (Å²) in [5.41, 5.74) is 1.69. The summed E-state index contributed by atoms with van der Waals surface area (Å²) in [6, 6.07) is 6.66. The Hall–Kier alpha value is -1.88. The predicted octanol–water partition coefficient (Wildman–Crippen LogP) is 1.21. The lowest BCUT2D eigenvalue weighted by Crippen LogP contribution is -2.33. The third-order valence-electron chi connectivity index (χ3n) is 2.26. The fourth-order valence-corrected chi connectivity index (χ4v) is 1.27. The Morgan fingerprint density at radius 2 is 1.88 bits per heavy atom. The second-order valence-corrected chi connectivity index (χ2v) is 3.82. The lowest BCUT2D eigenvalue weighted by atomic mass is 10.2. The first kappa shape index (κ1) is 13.2. The lowest BCUT2D eigenvalue weighted by molar-refractivity contribution is -0.139. The van der Waals surface area contributed by atoms with E-state index < -0.39 is 12.0 Å². The third kappa shape index (κ3) is 4.65. The number of anilines is 1. The van der Waals surface area contributed by atoms with Crippen molar-refractivity contribution in [1.82, 2.24) is 5.32 Å². The van der Waals surface area contributed by atoms with Crippen molar-refractivity contribution < 1.29 is 14.7 Å². The smallest absolute Gasteiger partial charge is 0.320 e. The van der Waals surface area contributed by atoms with Crippen molar-refractivity contribution in [3.63, 3.8) is 0 Å². The van der Waals surface area contributed by atoms with Gasteiger partial charge in [-0.2, -0.15) is 0 Å². The first-order valence-corrected chi connectivity index (χ1v) is 5.32. The van der Waals surface area contributed by atoms with Crippen LogP contribution in [0, 0.1) is 0 Å². The van der Waals surface area contributed by atoms with E-state index in [9.17, 15) is 9.59 Å². The molecule has 0 aliphatic carbocycles. The Morgan fingerprint density at radius 1 is 1.29 bits per heavy atom. The van der Waals surface area contributed by atoms with Gasteiger partial charge in [-0.15, -0.1) is 0 Å². The molecule has 1 amide bonds. The van der Waals surface area contributed by atoms with Crippen LogP contribution >= 0.6 is 0 Å². The molecule has 0 aromatic heterocycles. The molecule has 0 aliphatic rings. The highest BCUT2D eigenvalue weighted by Crippen LogP contribution is 2.09. The summed E-state index contributed by atoms with van der Waals surface area (Å²) >= 11 is 0. The first-order chi connectivity index (χ1) is 7.99. The zero-order chi connectivity index (χ0) is 12.8. The van der Waals surface area contributed by atoms with E-state index in [1.165, 1.54) is 6.92 Å². The summed E-state index contributed by atoms with van der Waals surface area (Å²) in [4.78, 5) is 21.4. The van der Waals surface area contributed by atoms with E-state index in [1.807, 2.05) is 12.1 Å². The summed E-state index contributed by atoms with van der Waals surface area (Å²) in [6.07, 6.45) is 0. The Balaban J connectivity index is 2.51. The summed E-state index contributed by atoms with van der Waals surface area (Å²) in [6.45, 7) is 3.52. The summed E-state index contributed by atoms with van der Waals surface area (Å²) < 4.78 is 0. The second kappa shape index (κ2) is 6.00. The maximum absolute atomic E-state index is 10.8. The molecule has 0 spiro atoms. The molecule has 5 heteroatoms. The normalized spacial score (nSPS) is 11.9. The summed E-state index contributed by atoms with van der Waals surface area (Å²) in [5, 5.41) is 14.2. The van der Waals surface area contributed by atoms with Crippen LogP contribution in [0.25, 0.3) is 0 Å². The van der Waals surface area contributed by atoms with E-state index in [1.54, 1.807) is 19.1 Å². The van der Waals surface area contributed by atoms with Gasteiger partial charge in [0.05, 0.1) is 0 Å². The van der Waals surface area contributed by atoms with Crippen molar-refractivity contribution in [2.75, 3.05) is 5.32 Å². The van der Waals surface area contributed by atoms with Gasteiger partial charge < -0.3 is 15.7 Å². The van der Waals surface area contributed by atoms with Gasteiger partial charge in [0, 0.05) is 19.2 Å². The standard InChI is InChI=1S/C12H16N2O3/c1-8(12(16)17)13-7-10-3-5-11(6-4-10)14-9(2)15/h3-6,8,13H,7H2,1-2H3,(H,14,15)(H,16,17). The van der Waals surface area contributed by atoms with Gasteiger partial charge in [-0.3, -0.25) is 9.59 Å². The largest absolute Gasteiger partial charge is 0.480 e. The van der Waals surface area contributed by atoms with E-state index >= 15 is 0 Å². The molecule has 5 nitrogen and oxygen atoms in total. The zero-order valence-electron chi connectivity index (χ0n) is 9.86. The molecule has 1 rings (SSSR count). The molecule has 92 valence electrons. The number of hydrogen-bond donors (Lipinski definition) is 3. The molecule has 0 aliphatic heterocycles. The number of hydrogen-bond acceptors (Lipinski definition) is 3. The SMILES string of the molecule is CC(=O)Nc1ccc(CNC(C)C(=O)O)cc1. The first-order valence-electron chi connectivity index (χ1n) is 5.32. The maximum Gasteiger partial charge on any atom is 0.320 e. The highest BCUT2D eigenvalue weighted by atomic mass is 16.4. The van der Waals surface area contributed by atoms with Gasteiger partial charge in [-0.1, -0.05) is 12.1 Å². The van der Waals surface area contributed by atoms with Crippen LogP contribution in [0.15, 0.2) is 24.3 Å². The van der Waals surface area contributed by atoms with E-state index in [2.05, 4.69) is 10.6 Å². The molecule has 1 atom stereocenters. The average molecular weight is 236 g/mol. The van der Waals surface area contributed by atoms with Crippen molar-refractivity contribution in [2.45, 2.75) is 26.4 Å². The highest BCUT2D eigenvalue weighted by Gasteiger charge is 2.08. The van der Waals surface area contributed by atoms with E-state index in [-0.39, 0.29) is 5.91 Å². The molecule has 1 aromatic rings. The molecular formula is C12H16N2O3. The van der Waals surface area contributed by atoms with Crippen molar-refractivity contribution in [3.05, 3.63) is 29.8 Å². The summed E-state index contributed by atoms with van der Waals surface area (Å²) in [5.74, 6) is -0.991. The van der Waals surface area contributed by atoms with Crippen LogP contribution in [0.3, 0.4) is 0 Å². The van der Waals surface area contributed by atoms with Gasteiger partial charge in [-0.25, -0.2) is 0 Å². The Kier molecular flexibility index (Phi) is 4.66. The topological polar surface area (TPSA) is 78.4 Å². The van der Waals surface area contributed by atoms with Crippen LogP contribution in [-0.4, -0.2) is 23.0 Å². The van der Waals surface area contributed by atoms with Gasteiger partial charge in [0.15, 0.2) is 0 Å². The number of carboxylic acids is 1. The van der Waals surface area contributed by atoms with Gasteiger partial charge in [0.1, 0.15) is 6.04 Å². The molecule has 0 radical (unpaired) electrons. The number of carbonyl (C=O) groups excluding carboxylic acids is 1. The van der Waals surface area contributed by atoms with Crippen molar-refractivity contribution in [2.24, 2.45) is 0 Å². The molecule has 0 heterocycles. The molecule has 0 bridgehead atoms.